The average Bonchev–Trinajstić information content (AvgIpc) is 3.17. The van der Waals surface area contributed by atoms with Crippen molar-refractivity contribution in [2.24, 2.45) is 0 Å². The highest BCUT2D eigenvalue weighted by atomic mass is 32.2. The molecule has 1 aliphatic heterocycles. The molecule has 148 valence electrons. The van der Waals surface area contributed by atoms with E-state index in [-0.39, 0.29) is 17.2 Å². The highest BCUT2D eigenvalue weighted by Gasteiger charge is 2.29. The Bertz CT molecular complexity index is 713. The van der Waals surface area contributed by atoms with Gasteiger partial charge in [0.25, 0.3) is 10.0 Å². The summed E-state index contributed by atoms with van der Waals surface area (Å²) in [6, 6.07) is 2.48. The number of hydrogen-bond acceptors (Lipinski definition) is 5. The molecule has 11 heteroatoms. The number of carbonyl (C=O) groups excluding carboxylic acids is 1. The summed E-state index contributed by atoms with van der Waals surface area (Å²) in [6.45, 7) is 0.920. The zero-order valence-corrected chi connectivity index (χ0v) is 15.8. The third-order valence-corrected chi connectivity index (χ3v) is 7.12. The fraction of sp³-hybridized carbons (Fsp3) is 0.667. The minimum atomic E-state index is -4.40. The van der Waals surface area contributed by atoms with E-state index < -0.39 is 34.8 Å². The van der Waals surface area contributed by atoms with Crippen LogP contribution in [0.4, 0.5) is 13.2 Å². The van der Waals surface area contributed by atoms with E-state index in [1.54, 1.807) is 6.07 Å². The molecule has 1 fully saturated rings. The number of carbonyl (C=O) groups is 1. The van der Waals surface area contributed by atoms with E-state index in [4.69, 9.17) is 0 Å². The maximum atomic E-state index is 12.4. The lowest BCUT2D eigenvalue weighted by Gasteiger charge is -2.15. The topological polar surface area (TPSA) is 75.7 Å². The number of amides is 1. The largest absolute Gasteiger partial charge is 0.411 e. The molecule has 0 aliphatic carbocycles. The second kappa shape index (κ2) is 8.68. The molecule has 0 spiro atoms. The fourth-order valence-corrected chi connectivity index (χ4v) is 5.55. The van der Waals surface area contributed by atoms with Crippen molar-refractivity contribution in [2.75, 3.05) is 26.3 Å². The summed E-state index contributed by atoms with van der Waals surface area (Å²) in [5, 5.41) is 2.53. The van der Waals surface area contributed by atoms with Gasteiger partial charge in [0.15, 0.2) is 0 Å². The molecule has 1 aliphatic rings. The van der Waals surface area contributed by atoms with Crippen LogP contribution in [0, 0.1) is 0 Å². The highest BCUT2D eigenvalue weighted by Crippen LogP contribution is 2.27. The van der Waals surface area contributed by atoms with Crippen LogP contribution in [0.15, 0.2) is 16.3 Å². The quantitative estimate of drug-likeness (QED) is 0.707. The lowest BCUT2D eigenvalue weighted by molar-refractivity contribution is -0.175. The van der Waals surface area contributed by atoms with Crippen LogP contribution < -0.4 is 5.32 Å². The van der Waals surface area contributed by atoms with Crippen LogP contribution in [-0.2, 0) is 26.0 Å². The Balaban J connectivity index is 1.83. The Morgan fingerprint density at radius 1 is 1.35 bits per heavy atom. The summed E-state index contributed by atoms with van der Waals surface area (Å²) in [6.07, 6.45) is -2.76. The molecule has 0 bridgehead atoms. The zero-order valence-electron chi connectivity index (χ0n) is 14.2. The van der Waals surface area contributed by atoms with Gasteiger partial charge in [0.1, 0.15) is 10.8 Å². The molecule has 26 heavy (non-hydrogen) atoms. The first kappa shape index (κ1) is 21.1. The van der Waals surface area contributed by atoms with Gasteiger partial charge in [-0.25, -0.2) is 8.42 Å². The van der Waals surface area contributed by atoms with Crippen molar-refractivity contribution in [2.45, 2.75) is 42.6 Å². The normalized spacial score (nSPS) is 17.4. The summed E-state index contributed by atoms with van der Waals surface area (Å²) in [5.41, 5.74) is 0. The smallest absolute Gasteiger partial charge is 0.370 e. The molecule has 0 radical (unpaired) electrons. The molecule has 1 amide bonds. The Morgan fingerprint density at radius 2 is 2.00 bits per heavy atom. The monoisotopic (exact) mass is 414 g/mol. The van der Waals surface area contributed by atoms with Crippen LogP contribution in [0.2, 0.25) is 0 Å². The Kier molecular flexibility index (Phi) is 7.05. The third-order valence-electron chi connectivity index (χ3n) is 3.67. The van der Waals surface area contributed by atoms with Crippen molar-refractivity contribution in [1.29, 1.82) is 0 Å². The van der Waals surface area contributed by atoms with Gasteiger partial charge >= 0.3 is 6.18 Å². The van der Waals surface area contributed by atoms with E-state index in [1.807, 2.05) is 0 Å². The van der Waals surface area contributed by atoms with Crippen molar-refractivity contribution >= 4 is 27.3 Å². The number of alkyl halides is 3. The molecule has 1 unspecified atom stereocenters. The SMILES string of the molecule is CC(COCC(F)(F)F)NC(=O)Cc1ccc(S(=O)(=O)N2CCCC2)s1. The Morgan fingerprint density at radius 3 is 2.62 bits per heavy atom. The summed E-state index contributed by atoms with van der Waals surface area (Å²) in [5.74, 6) is -0.403. The fourth-order valence-electron chi connectivity index (χ4n) is 2.52. The highest BCUT2D eigenvalue weighted by molar-refractivity contribution is 7.91. The summed E-state index contributed by atoms with van der Waals surface area (Å²) >= 11 is 1.03. The maximum Gasteiger partial charge on any atom is 0.411 e. The molecule has 2 rings (SSSR count). The van der Waals surface area contributed by atoms with E-state index in [2.05, 4.69) is 10.1 Å². The van der Waals surface area contributed by atoms with Crippen LogP contribution in [0.3, 0.4) is 0 Å². The Labute approximate surface area is 154 Å². The average molecular weight is 414 g/mol. The first-order valence-corrected chi connectivity index (χ1v) is 10.4. The number of halogens is 3. The van der Waals surface area contributed by atoms with Crippen LogP contribution in [0.25, 0.3) is 0 Å². The minimum Gasteiger partial charge on any atom is -0.370 e. The molecule has 1 aromatic heterocycles. The lowest BCUT2D eigenvalue weighted by atomic mass is 10.3. The molecule has 1 aromatic rings. The molecule has 6 nitrogen and oxygen atoms in total. The number of thiophene rings is 1. The summed E-state index contributed by atoms with van der Waals surface area (Å²) in [7, 11) is -3.51. The molecule has 2 heterocycles. The van der Waals surface area contributed by atoms with Gasteiger partial charge in [-0.2, -0.15) is 17.5 Å². The Hall–Kier alpha value is -1.17. The van der Waals surface area contributed by atoms with Gasteiger partial charge in [-0.1, -0.05) is 0 Å². The van der Waals surface area contributed by atoms with E-state index in [9.17, 15) is 26.4 Å². The number of rotatable bonds is 8. The van der Waals surface area contributed by atoms with E-state index in [1.165, 1.54) is 17.3 Å². The van der Waals surface area contributed by atoms with Gasteiger partial charge in [0.05, 0.1) is 13.0 Å². The molecular weight excluding hydrogens is 393 g/mol. The second-order valence-corrected chi connectivity index (χ2v) is 9.44. The second-order valence-electron chi connectivity index (χ2n) is 6.11. The summed E-state index contributed by atoms with van der Waals surface area (Å²) < 4.78 is 67.0. The maximum absolute atomic E-state index is 12.4. The molecule has 1 N–H and O–H groups in total. The molecule has 0 saturated carbocycles. The summed E-state index contributed by atoms with van der Waals surface area (Å²) in [4.78, 5) is 12.5. The van der Waals surface area contributed by atoms with Gasteiger partial charge in [-0.15, -0.1) is 11.3 Å². The van der Waals surface area contributed by atoms with Crippen LogP contribution in [0.1, 0.15) is 24.6 Å². The molecule has 0 aromatic carbocycles. The lowest BCUT2D eigenvalue weighted by Crippen LogP contribution is -2.37. The molecule has 1 atom stereocenters. The van der Waals surface area contributed by atoms with Gasteiger partial charge in [-0.3, -0.25) is 4.79 Å². The van der Waals surface area contributed by atoms with Gasteiger partial charge in [0, 0.05) is 24.0 Å². The van der Waals surface area contributed by atoms with Gasteiger partial charge in [0.2, 0.25) is 5.91 Å². The van der Waals surface area contributed by atoms with Crippen molar-refractivity contribution in [3.8, 4) is 0 Å². The molecule has 1 saturated heterocycles. The van der Waals surface area contributed by atoms with Crippen LogP contribution in [0.5, 0.6) is 0 Å². The van der Waals surface area contributed by atoms with Crippen LogP contribution >= 0.6 is 11.3 Å². The van der Waals surface area contributed by atoms with Crippen molar-refractivity contribution < 1.29 is 31.1 Å². The standard InChI is InChI=1S/C15H21F3N2O4S2/c1-11(9-24-10-15(16,17)18)19-13(21)8-12-4-5-14(25-12)26(22,23)20-6-2-3-7-20/h4-5,11H,2-3,6-10H2,1H3,(H,19,21). The van der Waals surface area contributed by atoms with Crippen molar-refractivity contribution in [3.05, 3.63) is 17.0 Å². The molecular formula is C15H21F3N2O4S2. The first-order valence-electron chi connectivity index (χ1n) is 8.10. The van der Waals surface area contributed by atoms with Crippen molar-refractivity contribution in [3.63, 3.8) is 0 Å². The van der Waals surface area contributed by atoms with Crippen molar-refractivity contribution in [1.82, 2.24) is 9.62 Å². The predicted molar refractivity (Wildman–Crippen MR) is 90.5 cm³/mol. The van der Waals surface area contributed by atoms with E-state index >= 15 is 0 Å². The number of nitrogens with one attached hydrogen (secondary N) is 1. The van der Waals surface area contributed by atoms with Crippen LogP contribution in [-0.4, -0.2) is 57.2 Å². The predicted octanol–water partition coefficient (Wildman–Crippen LogP) is 2.16. The van der Waals surface area contributed by atoms with Gasteiger partial charge in [-0.05, 0) is 31.9 Å². The number of hydrogen-bond donors (Lipinski definition) is 1. The van der Waals surface area contributed by atoms with E-state index in [0.29, 0.717) is 18.0 Å². The first-order chi connectivity index (χ1) is 12.1. The zero-order chi connectivity index (χ0) is 19.4. The van der Waals surface area contributed by atoms with Gasteiger partial charge < -0.3 is 10.1 Å². The third kappa shape index (κ3) is 6.22. The number of ether oxygens (including phenoxy) is 1. The number of nitrogens with zero attached hydrogens (tertiary/aromatic N) is 1. The minimum absolute atomic E-state index is 0.0379. The number of sulfonamides is 1. The van der Waals surface area contributed by atoms with E-state index in [0.717, 1.165) is 24.2 Å².